The first-order valence-electron chi connectivity index (χ1n) is 11.8. The Morgan fingerprint density at radius 3 is 1.85 bits per heavy atom. The van der Waals surface area contributed by atoms with Gasteiger partial charge in [0, 0.05) is 6.54 Å². The zero-order chi connectivity index (χ0) is 23.3. The van der Waals surface area contributed by atoms with Crippen LogP contribution >= 0.6 is 0 Å². The van der Waals surface area contributed by atoms with E-state index in [1.807, 2.05) is 66.7 Å². The Morgan fingerprint density at radius 1 is 0.500 bits per heavy atom. The van der Waals surface area contributed by atoms with Crippen molar-refractivity contribution in [3.05, 3.63) is 120 Å². The molecule has 0 radical (unpaired) electrons. The van der Waals surface area contributed by atoms with E-state index in [0.29, 0.717) is 26.4 Å². The molecule has 0 aliphatic rings. The lowest BCUT2D eigenvalue weighted by atomic mass is 10.1. The van der Waals surface area contributed by atoms with Gasteiger partial charge in [0.1, 0.15) is 30.5 Å². The van der Waals surface area contributed by atoms with E-state index in [-0.39, 0.29) is 0 Å². The number of aryl methyl sites for hydroxylation is 1. The fraction of sp³-hybridized carbons (Fsp3) is 0.200. The van der Waals surface area contributed by atoms with E-state index in [4.69, 9.17) is 14.2 Å². The molecule has 0 unspecified atom stereocenters. The van der Waals surface area contributed by atoms with Gasteiger partial charge in [-0.15, -0.1) is 0 Å². The molecule has 4 aromatic carbocycles. The summed E-state index contributed by atoms with van der Waals surface area (Å²) in [6, 6.07) is 36.5. The summed E-state index contributed by atoms with van der Waals surface area (Å²) in [4.78, 5) is 0. The molecule has 0 aliphatic carbocycles. The number of para-hydroxylation sites is 3. The predicted molar refractivity (Wildman–Crippen MR) is 138 cm³/mol. The highest BCUT2D eigenvalue weighted by Gasteiger charge is 2.04. The molecule has 4 aromatic rings. The van der Waals surface area contributed by atoms with Crippen LogP contribution in [0.25, 0.3) is 0 Å². The number of rotatable bonds is 13. The van der Waals surface area contributed by atoms with Crippen molar-refractivity contribution < 1.29 is 14.2 Å². The molecule has 34 heavy (non-hydrogen) atoms. The average molecular weight is 454 g/mol. The lowest BCUT2D eigenvalue weighted by Gasteiger charge is -2.14. The first-order valence-corrected chi connectivity index (χ1v) is 11.8. The Hall–Kier alpha value is -3.92. The Kier molecular flexibility index (Phi) is 8.85. The van der Waals surface area contributed by atoms with Gasteiger partial charge in [-0.05, 0) is 60.4 Å². The van der Waals surface area contributed by atoms with Gasteiger partial charge in [0.25, 0.3) is 0 Å². The second-order valence-electron chi connectivity index (χ2n) is 7.94. The molecule has 0 fully saturated rings. The molecule has 0 saturated heterocycles. The van der Waals surface area contributed by atoms with E-state index in [2.05, 4.69) is 47.8 Å². The molecule has 4 nitrogen and oxygen atoms in total. The van der Waals surface area contributed by atoms with Gasteiger partial charge in [0.05, 0.1) is 12.3 Å². The first kappa shape index (κ1) is 23.2. The summed E-state index contributed by atoms with van der Waals surface area (Å²) in [6.45, 7) is 2.41. The number of hydrogen-bond acceptors (Lipinski definition) is 4. The first-order chi connectivity index (χ1) is 16.9. The van der Waals surface area contributed by atoms with Crippen molar-refractivity contribution in [3.8, 4) is 17.2 Å². The average Bonchev–Trinajstić information content (AvgIpc) is 2.90. The summed E-state index contributed by atoms with van der Waals surface area (Å²) in [5, 5.41) is 3.49. The molecule has 0 saturated carbocycles. The van der Waals surface area contributed by atoms with Crippen molar-refractivity contribution in [1.29, 1.82) is 0 Å². The molecule has 0 heterocycles. The largest absolute Gasteiger partial charge is 0.491 e. The van der Waals surface area contributed by atoms with Crippen LogP contribution in [0.3, 0.4) is 0 Å². The zero-order valence-corrected chi connectivity index (χ0v) is 19.4. The minimum absolute atomic E-state index is 0.501. The van der Waals surface area contributed by atoms with Crippen LogP contribution < -0.4 is 19.5 Å². The molecule has 0 aliphatic heterocycles. The van der Waals surface area contributed by atoms with E-state index < -0.39 is 0 Å². The molecule has 4 rings (SSSR count). The van der Waals surface area contributed by atoms with Crippen LogP contribution in [0.5, 0.6) is 17.2 Å². The Balaban J connectivity index is 1.19. The highest BCUT2D eigenvalue weighted by atomic mass is 16.5. The summed E-state index contributed by atoms with van der Waals surface area (Å²) < 4.78 is 17.5. The Morgan fingerprint density at radius 2 is 1.12 bits per heavy atom. The van der Waals surface area contributed by atoms with Crippen LogP contribution in [0.15, 0.2) is 109 Å². The third kappa shape index (κ3) is 7.59. The highest BCUT2D eigenvalue weighted by molar-refractivity contribution is 5.56. The topological polar surface area (TPSA) is 39.7 Å². The van der Waals surface area contributed by atoms with Crippen LogP contribution in [0.1, 0.15) is 17.5 Å². The monoisotopic (exact) mass is 453 g/mol. The van der Waals surface area contributed by atoms with Gasteiger partial charge in [-0.25, -0.2) is 0 Å². The SMILES string of the molecule is c1ccc(CCCOc2ccccc2NCc2ccc(OCCOc3ccccc3)cc2)cc1. The molecule has 0 aromatic heterocycles. The number of nitrogens with one attached hydrogen (secondary N) is 1. The molecule has 0 atom stereocenters. The second-order valence-corrected chi connectivity index (χ2v) is 7.94. The molecular formula is C30H31NO3. The molecule has 0 spiro atoms. The van der Waals surface area contributed by atoms with Crippen LogP contribution in [0, 0.1) is 0 Å². The van der Waals surface area contributed by atoms with Crippen molar-refractivity contribution in [1.82, 2.24) is 0 Å². The predicted octanol–water partition coefficient (Wildman–Crippen LogP) is 6.77. The van der Waals surface area contributed by atoms with Crippen molar-refractivity contribution in [2.24, 2.45) is 0 Å². The van der Waals surface area contributed by atoms with Gasteiger partial charge in [-0.2, -0.15) is 0 Å². The minimum atomic E-state index is 0.501. The standard InChI is InChI=1S/C30H31NO3/c1-3-10-25(11-4-1)12-9-21-34-30-16-8-7-15-29(30)31-24-26-17-19-28(20-18-26)33-23-22-32-27-13-5-2-6-14-27/h1-8,10-11,13-20,31H,9,12,21-24H2. The molecule has 1 N–H and O–H groups in total. The normalized spacial score (nSPS) is 10.5. The van der Waals surface area contributed by atoms with E-state index in [0.717, 1.165) is 35.8 Å². The van der Waals surface area contributed by atoms with Gasteiger partial charge in [0.2, 0.25) is 0 Å². The van der Waals surface area contributed by atoms with E-state index in [1.165, 1.54) is 11.1 Å². The van der Waals surface area contributed by atoms with Gasteiger partial charge in [-0.3, -0.25) is 0 Å². The van der Waals surface area contributed by atoms with Crippen LogP contribution in [-0.4, -0.2) is 19.8 Å². The van der Waals surface area contributed by atoms with Crippen LogP contribution in [-0.2, 0) is 13.0 Å². The van der Waals surface area contributed by atoms with Gasteiger partial charge in [0.15, 0.2) is 0 Å². The van der Waals surface area contributed by atoms with E-state index in [9.17, 15) is 0 Å². The van der Waals surface area contributed by atoms with E-state index in [1.54, 1.807) is 0 Å². The number of hydrogen-bond donors (Lipinski definition) is 1. The van der Waals surface area contributed by atoms with Crippen molar-refractivity contribution in [3.63, 3.8) is 0 Å². The highest BCUT2D eigenvalue weighted by Crippen LogP contribution is 2.25. The molecule has 174 valence electrons. The van der Waals surface area contributed by atoms with Crippen LogP contribution in [0.4, 0.5) is 5.69 Å². The quantitative estimate of drug-likeness (QED) is 0.227. The van der Waals surface area contributed by atoms with Crippen molar-refractivity contribution in [2.75, 3.05) is 25.1 Å². The summed E-state index contributed by atoms with van der Waals surface area (Å²) in [5.41, 5.74) is 3.51. The fourth-order valence-corrected chi connectivity index (χ4v) is 3.58. The smallest absolute Gasteiger partial charge is 0.142 e. The minimum Gasteiger partial charge on any atom is -0.491 e. The second kappa shape index (κ2) is 12.9. The zero-order valence-electron chi connectivity index (χ0n) is 19.4. The lowest BCUT2D eigenvalue weighted by Crippen LogP contribution is -2.09. The summed E-state index contributed by atoms with van der Waals surface area (Å²) in [5.74, 6) is 2.57. The van der Waals surface area contributed by atoms with Crippen LogP contribution in [0.2, 0.25) is 0 Å². The molecule has 0 amide bonds. The summed E-state index contributed by atoms with van der Waals surface area (Å²) >= 11 is 0. The molecule has 0 bridgehead atoms. The molecule has 4 heteroatoms. The third-order valence-corrected chi connectivity index (χ3v) is 5.37. The fourth-order valence-electron chi connectivity index (χ4n) is 3.58. The maximum Gasteiger partial charge on any atom is 0.142 e. The van der Waals surface area contributed by atoms with Gasteiger partial charge < -0.3 is 19.5 Å². The van der Waals surface area contributed by atoms with Crippen molar-refractivity contribution in [2.45, 2.75) is 19.4 Å². The van der Waals surface area contributed by atoms with Gasteiger partial charge in [-0.1, -0.05) is 72.8 Å². The number of ether oxygens (including phenoxy) is 3. The Labute approximate surface area is 202 Å². The number of benzene rings is 4. The summed E-state index contributed by atoms with van der Waals surface area (Å²) in [6.07, 6.45) is 2.00. The number of anilines is 1. The van der Waals surface area contributed by atoms with Crippen molar-refractivity contribution >= 4 is 5.69 Å². The Bertz CT molecular complexity index is 1100. The maximum absolute atomic E-state index is 6.06. The summed E-state index contributed by atoms with van der Waals surface area (Å²) in [7, 11) is 0. The van der Waals surface area contributed by atoms with Gasteiger partial charge >= 0.3 is 0 Å². The maximum atomic E-state index is 6.06. The van der Waals surface area contributed by atoms with E-state index >= 15 is 0 Å². The lowest BCUT2D eigenvalue weighted by molar-refractivity contribution is 0.217. The molecular weight excluding hydrogens is 422 g/mol. The third-order valence-electron chi connectivity index (χ3n) is 5.37.